The van der Waals surface area contributed by atoms with E-state index >= 15 is 0 Å². The molecular formula is C20H20N6O5. The van der Waals surface area contributed by atoms with Gasteiger partial charge in [0.05, 0.1) is 24.9 Å². The van der Waals surface area contributed by atoms with Crippen LogP contribution in [-0.4, -0.2) is 40.0 Å². The maximum Gasteiger partial charge on any atom is 0.274 e. The first-order valence-corrected chi connectivity index (χ1v) is 9.13. The lowest BCUT2D eigenvalue weighted by Gasteiger charge is -2.09. The standard InChI is InChI=1S/C20H20N6O5/c1-12(14-5-7-15(8-6-14)26(28)29)22-24-20-21-19(27)16(23-25-20)10-13-4-9-17(30-2)18(11-13)31-3/h4-9,11H,10H2,1-3H3,(H2,21,24,25,27)/b22-12-. The number of nitrogens with one attached hydrogen (secondary N) is 2. The normalized spacial score (nSPS) is 11.1. The summed E-state index contributed by atoms with van der Waals surface area (Å²) in [6.07, 6.45) is 0.258. The first-order chi connectivity index (χ1) is 14.9. The Labute approximate surface area is 176 Å². The van der Waals surface area contributed by atoms with Crippen LogP contribution in [0.3, 0.4) is 0 Å². The van der Waals surface area contributed by atoms with Crippen molar-refractivity contribution >= 4 is 17.3 Å². The summed E-state index contributed by atoms with van der Waals surface area (Å²) < 4.78 is 10.5. The number of nitrogens with zero attached hydrogens (tertiary/aromatic N) is 4. The molecular weight excluding hydrogens is 404 g/mol. The fourth-order valence-corrected chi connectivity index (χ4v) is 2.74. The summed E-state index contributed by atoms with van der Waals surface area (Å²) >= 11 is 0. The van der Waals surface area contributed by atoms with Gasteiger partial charge in [-0.15, -0.1) is 10.2 Å². The lowest BCUT2D eigenvalue weighted by Crippen LogP contribution is -2.19. The third kappa shape index (κ3) is 5.21. The van der Waals surface area contributed by atoms with E-state index in [4.69, 9.17) is 9.47 Å². The SMILES string of the molecule is COc1ccc(Cc2nnc(N/N=C(/C)c3ccc([N+](=O)[O-])cc3)[nH]c2=O)cc1OC. The number of nitro benzene ring substituents is 1. The Morgan fingerprint density at radius 1 is 1.13 bits per heavy atom. The molecule has 160 valence electrons. The summed E-state index contributed by atoms with van der Waals surface area (Å²) in [4.78, 5) is 25.2. The molecule has 11 heteroatoms. The zero-order valence-electron chi connectivity index (χ0n) is 17.1. The highest BCUT2D eigenvalue weighted by atomic mass is 16.6. The summed E-state index contributed by atoms with van der Waals surface area (Å²) in [5, 5.41) is 22.8. The minimum absolute atomic E-state index is 0.00947. The van der Waals surface area contributed by atoms with E-state index in [0.29, 0.717) is 22.8 Å². The number of hydrazone groups is 1. The third-order valence-corrected chi connectivity index (χ3v) is 4.41. The Hall–Kier alpha value is -4.28. The molecule has 0 bridgehead atoms. The number of benzene rings is 2. The molecule has 0 spiro atoms. The van der Waals surface area contributed by atoms with Gasteiger partial charge in [-0.3, -0.25) is 19.9 Å². The van der Waals surface area contributed by atoms with Crippen LogP contribution in [0.5, 0.6) is 11.5 Å². The summed E-state index contributed by atoms with van der Waals surface area (Å²) in [6, 6.07) is 11.3. The first-order valence-electron chi connectivity index (χ1n) is 9.13. The second-order valence-electron chi connectivity index (χ2n) is 6.43. The molecule has 0 saturated heterocycles. The van der Waals surface area contributed by atoms with E-state index in [0.717, 1.165) is 5.56 Å². The molecule has 2 N–H and O–H groups in total. The lowest BCUT2D eigenvalue weighted by molar-refractivity contribution is -0.384. The molecule has 1 aromatic heterocycles. The summed E-state index contributed by atoms with van der Waals surface area (Å²) in [5.41, 5.74) is 4.49. The van der Waals surface area contributed by atoms with Crippen molar-refractivity contribution in [2.45, 2.75) is 13.3 Å². The Balaban J connectivity index is 1.71. The molecule has 11 nitrogen and oxygen atoms in total. The highest BCUT2D eigenvalue weighted by Crippen LogP contribution is 2.28. The minimum atomic E-state index is -0.474. The van der Waals surface area contributed by atoms with Gasteiger partial charge in [-0.2, -0.15) is 5.10 Å². The molecule has 1 heterocycles. The topological polar surface area (TPSA) is 145 Å². The van der Waals surface area contributed by atoms with Crippen LogP contribution in [0.2, 0.25) is 0 Å². The number of non-ortho nitro benzene ring substituents is 1. The van der Waals surface area contributed by atoms with Crippen molar-refractivity contribution in [1.82, 2.24) is 15.2 Å². The van der Waals surface area contributed by atoms with Gasteiger partial charge in [0.25, 0.3) is 11.2 Å². The van der Waals surface area contributed by atoms with E-state index in [-0.39, 0.29) is 23.8 Å². The molecule has 0 radical (unpaired) electrons. The first kappa shape index (κ1) is 21.4. The number of methoxy groups -OCH3 is 2. The van der Waals surface area contributed by atoms with Gasteiger partial charge in [0.2, 0.25) is 5.95 Å². The van der Waals surface area contributed by atoms with Crippen molar-refractivity contribution in [3.63, 3.8) is 0 Å². The van der Waals surface area contributed by atoms with Gasteiger partial charge in [-0.1, -0.05) is 6.07 Å². The number of rotatable bonds is 8. The quantitative estimate of drug-likeness (QED) is 0.319. The molecule has 0 saturated carbocycles. The number of anilines is 1. The molecule has 0 amide bonds. The number of H-pyrrole nitrogens is 1. The molecule has 31 heavy (non-hydrogen) atoms. The average Bonchev–Trinajstić information content (AvgIpc) is 2.79. The van der Waals surface area contributed by atoms with E-state index in [2.05, 4.69) is 25.7 Å². The smallest absolute Gasteiger partial charge is 0.274 e. The van der Waals surface area contributed by atoms with Crippen LogP contribution in [0.25, 0.3) is 0 Å². The van der Waals surface area contributed by atoms with Crippen molar-refractivity contribution in [3.05, 3.63) is 79.8 Å². The molecule has 0 fully saturated rings. The van der Waals surface area contributed by atoms with Crippen molar-refractivity contribution < 1.29 is 14.4 Å². The highest BCUT2D eigenvalue weighted by Gasteiger charge is 2.10. The van der Waals surface area contributed by atoms with Gasteiger partial charge >= 0.3 is 0 Å². The highest BCUT2D eigenvalue weighted by molar-refractivity contribution is 5.99. The number of nitro groups is 1. The van der Waals surface area contributed by atoms with Crippen LogP contribution in [0.1, 0.15) is 23.7 Å². The van der Waals surface area contributed by atoms with E-state index in [1.165, 1.54) is 19.2 Å². The Morgan fingerprint density at radius 3 is 2.45 bits per heavy atom. The monoisotopic (exact) mass is 424 g/mol. The van der Waals surface area contributed by atoms with Gasteiger partial charge in [0.1, 0.15) is 5.69 Å². The molecule has 0 aliphatic heterocycles. The average molecular weight is 424 g/mol. The van der Waals surface area contributed by atoms with Gasteiger partial charge in [-0.25, -0.2) is 5.43 Å². The molecule has 3 rings (SSSR count). The van der Waals surface area contributed by atoms with Gasteiger partial charge in [-0.05, 0) is 42.3 Å². The van der Waals surface area contributed by atoms with E-state index < -0.39 is 10.5 Å². The fourth-order valence-electron chi connectivity index (χ4n) is 2.74. The van der Waals surface area contributed by atoms with E-state index in [1.807, 2.05) is 6.07 Å². The number of aromatic amines is 1. The van der Waals surface area contributed by atoms with Crippen molar-refractivity contribution in [2.75, 3.05) is 19.6 Å². The predicted octanol–water partition coefficient (Wildman–Crippen LogP) is 2.52. The second kappa shape index (κ2) is 9.48. The lowest BCUT2D eigenvalue weighted by atomic mass is 10.1. The summed E-state index contributed by atoms with van der Waals surface area (Å²) in [5.74, 6) is 1.22. The van der Waals surface area contributed by atoms with Crippen LogP contribution >= 0.6 is 0 Å². The van der Waals surface area contributed by atoms with Gasteiger partial charge in [0, 0.05) is 18.6 Å². The number of hydrogen-bond acceptors (Lipinski definition) is 9. The molecule has 3 aromatic rings. The van der Waals surface area contributed by atoms with Gasteiger partial charge in [0.15, 0.2) is 11.5 Å². The minimum Gasteiger partial charge on any atom is -0.493 e. The Kier molecular flexibility index (Phi) is 6.55. The molecule has 0 aliphatic carbocycles. The maximum atomic E-state index is 12.4. The van der Waals surface area contributed by atoms with Gasteiger partial charge < -0.3 is 9.47 Å². The molecule has 0 aliphatic rings. The fraction of sp³-hybridized carbons (Fsp3) is 0.200. The van der Waals surface area contributed by atoms with Crippen molar-refractivity contribution in [2.24, 2.45) is 5.10 Å². The van der Waals surface area contributed by atoms with Crippen LogP contribution < -0.4 is 20.5 Å². The van der Waals surface area contributed by atoms with Crippen LogP contribution in [0, 0.1) is 10.1 Å². The van der Waals surface area contributed by atoms with E-state index in [1.54, 1.807) is 38.3 Å². The van der Waals surface area contributed by atoms with Crippen LogP contribution in [0.4, 0.5) is 11.6 Å². The maximum absolute atomic E-state index is 12.4. The zero-order valence-corrected chi connectivity index (χ0v) is 17.1. The van der Waals surface area contributed by atoms with Crippen molar-refractivity contribution in [3.8, 4) is 11.5 Å². The van der Waals surface area contributed by atoms with E-state index in [9.17, 15) is 14.9 Å². The third-order valence-electron chi connectivity index (χ3n) is 4.41. The summed E-state index contributed by atoms with van der Waals surface area (Å²) in [6.45, 7) is 1.71. The Bertz CT molecular complexity index is 1170. The summed E-state index contributed by atoms with van der Waals surface area (Å²) in [7, 11) is 3.08. The largest absolute Gasteiger partial charge is 0.493 e. The Morgan fingerprint density at radius 2 is 1.84 bits per heavy atom. The molecule has 0 atom stereocenters. The predicted molar refractivity (Wildman–Crippen MR) is 114 cm³/mol. The number of aromatic nitrogens is 3. The van der Waals surface area contributed by atoms with Crippen LogP contribution in [-0.2, 0) is 6.42 Å². The van der Waals surface area contributed by atoms with Crippen molar-refractivity contribution in [1.29, 1.82) is 0 Å². The molecule has 2 aromatic carbocycles. The second-order valence-corrected chi connectivity index (χ2v) is 6.43. The number of hydrogen-bond donors (Lipinski definition) is 2. The molecule has 0 unspecified atom stereocenters. The number of ether oxygens (including phenoxy) is 2. The zero-order chi connectivity index (χ0) is 22.4. The van der Waals surface area contributed by atoms with Crippen LogP contribution in [0.15, 0.2) is 52.4 Å².